The minimum atomic E-state index is -0.183. The summed E-state index contributed by atoms with van der Waals surface area (Å²) in [4.78, 5) is 10.7. The van der Waals surface area contributed by atoms with E-state index in [1.165, 1.54) is 22.6 Å². The Morgan fingerprint density at radius 2 is 1.56 bits per heavy atom. The fraction of sp³-hybridized carbons (Fsp3) is 0.364. The van der Waals surface area contributed by atoms with Crippen molar-refractivity contribution in [3.05, 3.63) is 59.5 Å². The van der Waals surface area contributed by atoms with Crippen LogP contribution in [0.2, 0.25) is 0 Å². The topological polar surface area (TPSA) is 25.5 Å². The lowest BCUT2D eigenvalue weighted by Crippen LogP contribution is -2.44. The number of H-pyrrole nitrogens is 1. The zero-order valence-electron chi connectivity index (χ0n) is 15.7. The molecule has 3 heterocycles. The van der Waals surface area contributed by atoms with Crippen LogP contribution in [0.3, 0.4) is 0 Å². The van der Waals surface area contributed by atoms with Gasteiger partial charge in [0.2, 0.25) is 0 Å². The summed E-state index contributed by atoms with van der Waals surface area (Å²) < 4.78 is 13.5. The van der Waals surface area contributed by atoms with Gasteiger partial charge in [-0.1, -0.05) is 0 Å². The average molecular weight is 364 g/mol. The lowest BCUT2D eigenvalue weighted by atomic mass is 10.0. The predicted molar refractivity (Wildman–Crippen MR) is 109 cm³/mol. The molecule has 0 unspecified atom stereocenters. The molecule has 2 aromatic carbocycles. The van der Waals surface area contributed by atoms with Gasteiger partial charge in [-0.3, -0.25) is 0 Å². The van der Waals surface area contributed by atoms with Crippen molar-refractivity contribution in [2.45, 2.75) is 13.0 Å². The highest BCUT2D eigenvalue weighted by atomic mass is 19.1. The highest BCUT2D eigenvalue weighted by molar-refractivity contribution is 5.85. The number of hydrogen-bond donors (Lipinski definition) is 1. The van der Waals surface area contributed by atoms with Gasteiger partial charge in [0, 0.05) is 60.7 Å². The number of aromatic nitrogens is 1. The molecule has 0 atom stereocenters. The van der Waals surface area contributed by atoms with E-state index in [1.54, 1.807) is 12.1 Å². The molecule has 0 saturated carbocycles. The van der Waals surface area contributed by atoms with Crippen molar-refractivity contribution >= 4 is 22.3 Å². The second-order valence-corrected chi connectivity index (χ2v) is 7.75. The van der Waals surface area contributed by atoms with Crippen molar-refractivity contribution < 1.29 is 4.39 Å². The Bertz CT molecular complexity index is 954. The summed E-state index contributed by atoms with van der Waals surface area (Å²) in [6.07, 6.45) is 0.987. The van der Waals surface area contributed by atoms with Crippen molar-refractivity contribution in [2.75, 3.05) is 49.6 Å². The number of nitrogens with zero attached hydrogens (tertiary/aromatic N) is 3. The van der Waals surface area contributed by atoms with Crippen LogP contribution in [-0.2, 0) is 13.0 Å². The van der Waals surface area contributed by atoms with Gasteiger partial charge in [0.25, 0.3) is 0 Å². The second kappa shape index (κ2) is 6.57. The van der Waals surface area contributed by atoms with Gasteiger partial charge in [-0.25, -0.2) is 4.39 Å². The summed E-state index contributed by atoms with van der Waals surface area (Å²) in [6, 6.07) is 14.0. The van der Waals surface area contributed by atoms with Gasteiger partial charge in [0.15, 0.2) is 0 Å². The summed E-state index contributed by atoms with van der Waals surface area (Å²) in [6.45, 7) is 6.27. The molecule has 27 heavy (non-hydrogen) atoms. The number of aromatic amines is 1. The van der Waals surface area contributed by atoms with E-state index in [1.807, 2.05) is 6.07 Å². The molecule has 0 bridgehead atoms. The number of halogens is 1. The lowest BCUT2D eigenvalue weighted by molar-refractivity contribution is 0.313. The molecular formula is C22H25FN4. The third kappa shape index (κ3) is 3.06. The zero-order valence-corrected chi connectivity index (χ0v) is 15.7. The smallest absolute Gasteiger partial charge is 0.125 e. The van der Waals surface area contributed by atoms with Gasteiger partial charge in [0.1, 0.15) is 5.82 Å². The highest BCUT2D eigenvalue weighted by Crippen LogP contribution is 2.31. The summed E-state index contributed by atoms with van der Waals surface area (Å²) in [5, 5.41) is 1.16. The number of hydrogen-bond acceptors (Lipinski definition) is 3. The van der Waals surface area contributed by atoms with Crippen LogP contribution in [0.4, 0.5) is 15.8 Å². The van der Waals surface area contributed by atoms with Crippen LogP contribution in [0.25, 0.3) is 10.9 Å². The monoisotopic (exact) mass is 364 g/mol. The Balaban J connectivity index is 1.35. The van der Waals surface area contributed by atoms with E-state index < -0.39 is 0 Å². The Kier molecular flexibility index (Phi) is 4.05. The first-order valence-electron chi connectivity index (χ1n) is 9.75. The molecule has 3 aromatic rings. The largest absolute Gasteiger partial charge is 0.369 e. The fourth-order valence-corrected chi connectivity index (χ4v) is 4.38. The average Bonchev–Trinajstić information content (AvgIpc) is 3.05. The molecule has 2 aliphatic rings. The Morgan fingerprint density at radius 1 is 0.852 bits per heavy atom. The number of anilines is 2. The molecule has 0 aliphatic carbocycles. The number of fused-ring (bicyclic) bond motifs is 3. The Morgan fingerprint density at radius 3 is 2.30 bits per heavy atom. The van der Waals surface area contributed by atoms with Gasteiger partial charge >= 0.3 is 0 Å². The number of rotatable bonds is 2. The van der Waals surface area contributed by atoms with Gasteiger partial charge in [-0.05, 0) is 61.5 Å². The van der Waals surface area contributed by atoms with Gasteiger partial charge in [-0.15, -0.1) is 0 Å². The maximum absolute atomic E-state index is 13.5. The van der Waals surface area contributed by atoms with Crippen LogP contribution in [0.5, 0.6) is 0 Å². The number of likely N-dealkylation sites (N-methyl/N-ethyl adjacent to an activating group) is 1. The van der Waals surface area contributed by atoms with E-state index in [-0.39, 0.29) is 5.82 Å². The molecule has 0 amide bonds. The van der Waals surface area contributed by atoms with E-state index in [0.717, 1.165) is 56.6 Å². The first-order valence-corrected chi connectivity index (χ1v) is 9.75. The van der Waals surface area contributed by atoms with E-state index >= 15 is 0 Å². The highest BCUT2D eigenvalue weighted by Gasteiger charge is 2.21. The van der Waals surface area contributed by atoms with Crippen LogP contribution in [0.1, 0.15) is 11.3 Å². The van der Waals surface area contributed by atoms with Crippen molar-refractivity contribution in [3.8, 4) is 0 Å². The van der Waals surface area contributed by atoms with Crippen molar-refractivity contribution in [3.63, 3.8) is 0 Å². The molecular weight excluding hydrogens is 339 g/mol. The third-order valence-corrected chi connectivity index (χ3v) is 6.02. The summed E-state index contributed by atoms with van der Waals surface area (Å²) in [7, 11) is 2.18. The number of piperazine rings is 1. The second-order valence-electron chi connectivity index (χ2n) is 7.75. The third-order valence-electron chi connectivity index (χ3n) is 6.02. The van der Waals surface area contributed by atoms with Crippen molar-refractivity contribution in [2.24, 2.45) is 0 Å². The minimum Gasteiger partial charge on any atom is -0.369 e. The number of nitrogens with one attached hydrogen (secondary N) is 1. The molecule has 1 fully saturated rings. The molecule has 5 rings (SSSR count). The predicted octanol–water partition coefficient (Wildman–Crippen LogP) is 3.62. The normalized spacial score (nSPS) is 18.1. The van der Waals surface area contributed by atoms with E-state index in [2.05, 4.69) is 51.0 Å². The van der Waals surface area contributed by atoms with Crippen LogP contribution < -0.4 is 9.80 Å². The maximum atomic E-state index is 13.5. The summed E-state index contributed by atoms with van der Waals surface area (Å²) in [5.74, 6) is -0.183. The molecule has 1 aromatic heterocycles. The maximum Gasteiger partial charge on any atom is 0.125 e. The van der Waals surface area contributed by atoms with Crippen LogP contribution in [0, 0.1) is 5.82 Å². The lowest BCUT2D eigenvalue weighted by Gasteiger charge is -2.34. The van der Waals surface area contributed by atoms with E-state index in [4.69, 9.17) is 0 Å². The first kappa shape index (κ1) is 16.6. The molecule has 0 spiro atoms. The van der Waals surface area contributed by atoms with E-state index in [9.17, 15) is 4.39 Å². The Labute approximate surface area is 159 Å². The molecule has 5 heteroatoms. The van der Waals surface area contributed by atoms with Gasteiger partial charge in [0.05, 0.1) is 6.54 Å². The molecule has 140 valence electrons. The van der Waals surface area contributed by atoms with Crippen LogP contribution >= 0.6 is 0 Å². The van der Waals surface area contributed by atoms with Crippen LogP contribution in [0.15, 0.2) is 42.5 Å². The SMILES string of the molecule is CN1CCN(c2ccc(N3CCc4c([nH]c5cc(F)ccc45)C3)cc2)CC1. The molecule has 4 nitrogen and oxygen atoms in total. The summed E-state index contributed by atoms with van der Waals surface area (Å²) >= 11 is 0. The molecule has 0 radical (unpaired) electrons. The quantitative estimate of drug-likeness (QED) is 0.752. The first-order chi connectivity index (χ1) is 13.2. The van der Waals surface area contributed by atoms with Crippen LogP contribution in [-0.4, -0.2) is 49.7 Å². The van der Waals surface area contributed by atoms with E-state index in [0.29, 0.717) is 0 Å². The van der Waals surface area contributed by atoms with Gasteiger partial charge in [-0.2, -0.15) is 0 Å². The van der Waals surface area contributed by atoms with Gasteiger partial charge < -0.3 is 19.7 Å². The zero-order chi connectivity index (χ0) is 18.4. The number of benzene rings is 2. The molecule has 2 aliphatic heterocycles. The fourth-order valence-electron chi connectivity index (χ4n) is 4.38. The standard InChI is InChI=1S/C22H25FN4/c1-25-10-12-26(13-11-25)17-3-5-18(6-4-17)27-9-8-20-19-7-2-16(23)14-21(19)24-22(20)15-27/h2-7,14,24H,8-13,15H2,1H3. The van der Waals surface area contributed by atoms with Crippen molar-refractivity contribution in [1.29, 1.82) is 0 Å². The minimum absolute atomic E-state index is 0.183. The molecule has 1 saturated heterocycles. The van der Waals surface area contributed by atoms with Crippen molar-refractivity contribution in [1.82, 2.24) is 9.88 Å². The molecule has 1 N–H and O–H groups in total. The Hall–Kier alpha value is -2.53. The summed E-state index contributed by atoms with van der Waals surface area (Å²) in [5.41, 5.74) is 6.03.